The van der Waals surface area contributed by atoms with Crippen molar-refractivity contribution in [2.75, 3.05) is 13.1 Å². The number of hydrogen-bond donors (Lipinski definition) is 0. The second-order valence-corrected chi connectivity index (χ2v) is 6.98. The first-order valence-electron chi connectivity index (χ1n) is 7.03. The van der Waals surface area contributed by atoms with Crippen LogP contribution in [0.2, 0.25) is 0 Å². The van der Waals surface area contributed by atoms with Crippen molar-refractivity contribution >= 4 is 5.91 Å². The Morgan fingerprint density at radius 1 is 1.12 bits per heavy atom. The van der Waals surface area contributed by atoms with E-state index in [1.54, 1.807) is 0 Å². The summed E-state index contributed by atoms with van der Waals surface area (Å²) in [6, 6.07) is 0. The summed E-state index contributed by atoms with van der Waals surface area (Å²) < 4.78 is 0. The Labute approximate surface area is 107 Å². The first kappa shape index (κ1) is 14.5. The maximum atomic E-state index is 12.2. The number of hydrogen-bond acceptors (Lipinski definition) is 1. The molecule has 0 N–H and O–H groups in total. The molecule has 1 aliphatic rings. The summed E-state index contributed by atoms with van der Waals surface area (Å²) in [7, 11) is 0. The van der Waals surface area contributed by atoms with E-state index in [1.807, 2.05) is 20.8 Å². The van der Waals surface area contributed by atoms with Crippen molar-refractivity contribution in [1.82, 2.24) is 4.90 Å². The molecular formula is C15H29NO. The Kier molecular flexibility index (Phi) is 4.62. The van der Waals surface area contributed by atoms with Gasteiger partial charge in [-0.05, 0) is 30.6 Å². The topological polar surface area (TPSA) is 20.3 Å². The quantitative estimate of drug-likeness (QED) is 0.721. The molecule has 0 saturated carbocycles. The Morgan fingerprint density at radius 3 is 1.94 bits per heavy atom. The highest BCUT2D eigenvalue weighted by atomic mass is 16.2. The lowest BCUT2D eigenvalue weighted by Gasteiger charge is -2.38. The van der Waals surface area contributed by atoms with Crippen LogP contribution in [-0.2, 0) is 4.79 Å². The van der Waals surface area contributed by atoms with Gasteiger partial charge in [0, 0.05) is 18.5 Å². The predicted molar refractivity (Wildman–Crippen MR) is 72.8 cm³/mol. The molecule has 0 aromatic heterocycles. The third-order valence-corrected chi connectivity index (χ3v) is 4.26. The predicted octanol–water partition coefficient (Wildman–Crippen LogP) is 3.56. The minimum absolute atomic E-state index is 0.226. The van der Waals surface area contributed by atoms with Crippen LogP contribution in [0.1, 0.15) is 54.4 Å². The van der Waals surface area contributed by atoms with E-state index >= 15 is 0 Å². The van der Waals surface area contributed by atoms with Gasteiger partial charge in [-0.1, -0.05) is 41.5 Å². The van der Waals surface area contributed by atoms with Gasteiger partial charge in [0.1, 0.15) is 0 Å². The molecule has 1 unspecified atom stereocenters. The Morgan fingerprint density at radius 2 is 1.59 bits per heavy atom. The fourth-order valence-electron chi connectivity index (χ4n) is 2.65. The lowest BCUT2D eigenvalue weighted by atomic mass is 9.79. The number of nitrogens with zero attached hydrogens (tertiary/aromatic N) is 1. The zero-order valence-corrected chi connectivity index (χ0v) is 12.4. The van der Waals surface area contributed by atoms with Crippen molar-refractivity contribution in [3.8, 4) is 0 Å². The van der Waals surface area contributed by atoms with Crippen LogP contribution in [0.4, 0.5) is 0 Å². The Bertz CT molecular complexity index is 257. The largest absolute Gasteiger partial charge is 0.342 e. The van der Waals surface area contributed by atoms with Gasteiger partial charge in [0.05, 0.1) is 0 Å². The van der Waals surface area contributed by atoms with Gasteiger partial charge in [0.25, 0.3) is 0 Å². The van der Waals surface area contributed by atoms with Crippen molar-refractivity contribution in [3.05, 3.63) is 0 Å². The van der Waals surface area contributed by atoms with E-state index in [0.717, 1.165) is 30.8 Å². The summed E-state index contributed by atoms with van der Waals surface area (Å²) in [5.41, 5.74) is -0.226. The molecule has 1 atom stereocenters. The van der Waals surface area contributed by atoms with Crippen molar-refractivity contribution < 1.29 is 4.79 Å². The van der Waals surface area contributed by atoms with Crippen molar-refractivity contribution in [2.24, 2.45) is 23.2 Å². The van der Waals surface area contributed by atoms with Crippen LogP contribution < -0.4 is 0 Å². The molecule has 1 aliphatic heterocycles. The summed E-state index contributed by atoms with van der Waals surface area (Å²) in [6.07, 6.45) is 2.36. The number of carbonyl (C=O) groups is 1. The molecule has 1 heterocycles. The molecule has 1 saturated heterocycles. The van der Waals surface area contributed by atoms with E-state index in [0.29, 0.717) is 5.91 Å². The number of amides is 1. The maximum absolute atomic E-state index is 12.2. The van der Waals surface area contributed by atoms with Crippen LogP contribution >= 0.6 is 0 Å². The number of rotatable bonds is 2. The van der Waals surface area contributed by atoms with Crippen molar-refractivity contribution in [3.63, 3.8) is 0 Å². The molecule has 2 heteroatoms. The van der Waals surface area contributed by atoms with Crippen LogP contribution in [0, 0.1) is 23.2 Å². The van der Waals surface area contributed by atoms with E-state index in [-0.39, 0.29) is 5.41 Å². The molecule has 0 aromatic rings. The second-order valence-electron chi connectivity index (χ2n) is 6.98. The molecule has 2 nitrogen and oxygen atoms in total. The average molecular weight is 239 g/mol. The summed E-state index contributed by atoms with van der Waals surface area (Å²) in [6.45, 7) is 14.9. The summed E-state index contributed by atoms with van der Waals surface area (Å²) in [5.74, 6) is 2.65. The van der Waals surface area contributed by atoms with Crippen LogP contribution in [0.3, 0.4) is 0 Å². The van der Waals surface area contributed by atoms with Crippen LogP contribution in [-0.4, -0.2) is 23.9 Å². The van der Waals surface area contributed by atoms with E-state index in [1.165, 1.54) is 12.8 Å². The van der Waals surface area contributed by atoms with E-state index in [2.05, 4.69) is 25.7 Å². The van der Waals surface area contributed by atoms with Gasteiger partial charge >= 0.3 is 0 Å². The highest BCUT2D eigenvalue weighted by Crippen LogP contribution is 2.31. The van der Waals surface area contributed by atoms with Crippen LogP contribution in [0.15, 0.2) is 0 Å². The molecule has 1 fully saturated rings. The highest BCUT2D eigenvalue weighted by molar-refractivity contribution is 5.81. The van der Waals surface area contributed by atoms with Crippen LogP contribution in [0.25, 0.3) is 0 Å². The zero-order chi connectivity index (χ0) is 13.2. The minimum atomic E-state index is -0.226. The van der Waals surface area contributed by atoms with Gasteiger partial charge in [0.2, 0.25) is 5.91 Å². The van der Waals surface area contributed by atoms with E-state index < -0.39 is 0 Å². The van der Waals surface area contributed by atoms with E-state index in [4.69, 9.17) is 0 Å². The summed E-state index contributed by atoms with van der Waals surface area (Å²) in [5, 5.41) is 0. The second kappa shape index (κ2) is 5.41. The van der Waals surface area contributed by atoms with Gasteiger partial charge in [-0.15, -0.1) is 0 Å². The fourth-order valence-corrected chi connectivity index (χ4v) is 2.65. The molecule has 100 valence electrons. The third kappa shape index (κ3) is 3.72. The van der Waals surface area contributed by atoms with E-state index in [9.17, 15) is 4.79 Å². The molecule has 1 rings (SSSR count). The molecular weight excluding hydrogens is 210 g/mol. The van der Waals surface area contributed by atoms with Gasteiger partial charge in [-0.3, -0.25) is 4.79 Å². The molecule has 0 aliphatic carbocycles. The maximum Gasteiger partial charge on any atom is 0.227 e. The molecule has 0 radical (unpaired) electrons. The molecule has 1 amide bonds. The third-order valence-electron chi connectivity index (χ3n) is 4.26. The van der Waals surface area contributed by atoms with Gasteiger partial charge < -0.3 is 4.90 Å². The lowest BCUT2D eigenvalue weighted by molar-refractivity contribution is -0.141. The molecule has 0 bridgehead atoms. The smallest absolute Gasteiger partial charge is 0.227 e. The normalized spacial score (nSPS) is 20.8. The number of carbonyl (C=O) groups excluding carboxylic acids is 1. The highest BCUT2D eigenvalue weighted by Gasteiger charge is 2.32. The summed E-state index contributed by atoms with van der Waals surface area (Å²) in [4.78, 5) is 14.2. The molecule has 0 aromatic carbocycles. The zero-order valence-electron chi connectivity index (χ0n) is 12.4. The van der Waals surface area contributed by atoms with Crippen molar-refractivity contribution in [2.45, 2.75) is 54.4 Å². The lowest BCUT2D eigenvalue weighted by Crippen LogP contribution is -2.45. The summed E-state index contributed by atoms with van der Waals surface area (Å²) >= 11 is 0. The first-order valence-corrected chi connectivity index (χ1v) is 7.03. The van der Waals surface area contributed by atoms with Gasteiger partial charge in [-0.2, -0.15) is 0 Å². The molecule has 0 spiro atoms. The average Bonchev–Trinajstić information content (AvgIpc) is 2.26. The fraction of sp³-hybridized carbons (Fsp3) is 0.933. The van der Waals surface area contributed by atoms with Gasteiger partial charge in [-0.25, -0.2) is 0 Å². The van der Waals surface area contributed by atoms with Crippen LogP contribution in [0.5, 0.6) is 0 Å². The number of piperidine rings is 1. The number of likely N-dealkylation sites (tertiary alicyclic amines) is 1. The SMILES string of the molecule is CC(C)C(C)C1CCN(C(=O)C(C)(C)C)CC1. The Balaban J connectivity index is 2.49. The Hall–Kier alpha value is -0.530. The molecule has 17 heavy (non-hydrogen) atoms. The monoisotopic (exact) mass is 239 g/mol. The van der Waals surface area contributed by atoms with Gasteiger partial charge in [0.15, 0.2) is 0 Å². The minimum Gasteiger partial charge on any atom is -0.342 e. The van der Waals surface area contributed by atoms with Crippen molar-refractivity contribution in [1.29, 1.82) is 0 Å². The standard InChI is InChI=1S/C15H29NO/c1-11(2)12(3)13-7-9-16(10-8-13)14(17)15(4,5)6/h11-13H,7-10H2,1-6H3. The first-order chi connectivity index (χ1) is 7.73.